The van der Waals surface area contributed by atoms with Crippen LogP contribution >= 0.6 is 47.8 Å². The Morgan fingerprint density at radius 3 is 2.20 bits per heavy atom. The van der Waals surface area contributed by atoms with Crippen LogP contribution in [-0.2, 0) is 0 Å². The van der Waals surface area contributed by atoms with Crippen LogP contribution < -0.4 is 5.73 Å². The van der Waals surface area contributed by atoms with Crippen LogP contribution in [0.5, 0.6) is 0 Å². The van der Waals surface area contributed by atoms with Crippen molar-refractivity contribution in [3.8, 4) is 0 Å². The number of benzene rings is 1. The van der Waals surface area contributed by atoms with E-state index in [9.17, 15) is 0 Å². The summed E-state index contributed by atoms with van der Waals surface area (Å²) in [7, 11) is 0. The van der Waals surface area contributed by atoms with Crippen molar-refractivity contribution in [1.82, 2.24) is 0 Å². The normalized spacial score (nSPS) is 16.9. The molecular formula is C10H9Br3N2. The summed E-state index contributed by atoms with van der Waals surface area (Å²) in [5, 5.41) is 0. The van der Waals surface area contributed by atoms with Crippen molar-refractivity contribution in [3.05, 3.63) is 25.6 Å². The van der Waals surface area contributed by atoms with E-state index in [1.54, 1.807) is 0 Å². The Labute approximate surface area is 114 Å². The van der Waals surface area contributed by atoms with E-state index in [0.717, 1.165) is 24.9 Å². The van der Waals surface area contributed by atoms with E-state index in [1.165, 1.54) is 12.8 Å². The second kappa shape index (κ2) is 4.55. The van der Waals surface area contributed by atoms with Crippen molar-refractivity contribution in [2.75, 3.05) is 0 Å². The number of hydrogen-bond acceptors (Lipinski definition) is 1. The molecule has 0 aliphatic heterocycles. The first-order valence-electron chi connectivity index (χ1n) is 4.56. The molecule has 1 aliphatic rings. The van der Waals surface area contributed by atoms with Crippen molar-refractivity contribution < 1.29 is 0 Å². The molecule has 1 saturated carbocycles. The van der Waals surface area contributed by atoms with Gasteiger partial charge in [-0.1, -0.05) is 15.9 Å². The van der Waals surface area contributed by atoms with E-state index >= 15 is 0 Å². The molecule has 2 nitrogen and oxygen atoms in total. The number of nitrogens with two attached hydrogens (primary N) is 1. The molecule has 80 valence electrons. The summed E-state index contributed by atoms with van der Waals surface area (Å²) >= 11 is 10.4. The Morgan fingerprint density at radius 1 is 1.20 bits per heavy atom. The van der Waals surface area contributed by atoms with Crippen molar-refractivity contribution in [3.63, 3.8) is 0 Å². The van der Waals surface area contributed by atoms with Crippen LogP contribution in [0, 0.1) is 5.92 Å². The van der Waals surface area contributed by atoms with Crippen LogP contribution in [0.15, 0.2) is 30.5 Å². The predicted octanol–water partition coefficient (Wildman–Crippen LogP) is 4.37. The van der Waals surface area contributed by atoms with E-state index in [1.807, 2.05) is 12.1 Å². The molecule has 1 aromatic carbocycles. The fourth-order valence-electron chi connectivity index (χ4n) is 1.24. The SMILES string of the molecule is NC(=Nc1c(Br)cc(Br)cc1Br)C1CC1. The lowest BCUT2D eigenvalue weighted by atomic mass is 10.3. The smallest absolute Gasteiger partial charge is 0.103 e. The Bertz CT molecular complexity index is 402. The first kappa shape index (κ1) is 11.6. The molecule has 0 bridgehead atoms. The van der Waals surface area contributed by atoms with E-state index in [2.05, 4.69) is 52.8 Å². The van der Waals surface area contributed by atoms with Gasteiger partial charge in [-0.15, -0.1) is 0 Å². The summed E-state index contributed by atoms with van der Waals surface area (Å²) in [6.45, 7) is 0. The van der Waals surface area contributed by atoms with Gasteiger partial charge in [-0.2, -0.15) is 0 Å². The van der Waals surface area contributed by atoms with Crippen molar-refractivity contribution >= 4 is 59.3 Å². The third kappa shape index (κ3) is 2.82. The molecule has 15 heavy (non-hydrogen) atoms. The minimum absolute atomic E-state index is 0.493. The van der Waals surface area contributed by atoms with Crippen LogP contribution in [0.3, 0.4) is 0 Å². The van der Waals surface area contributed by atoms with Crippen molar-refractivity contribution in [2.24, 2.45) is 16.6 Å². The first-order chi connectivity index (χ1) is 7.08. The quantitative estimate of drug-likeness (QED) is 0.585. The highest BCUT2D eigenvalue weighted by Crippen LogP contribution is 2.38. The molecule has 0 amide bonds. The van der Waals surface area contributed by atoms with Gasteiger partial charge in [0.25, 0.3) is 0 Å². The minimum atomic E-state index is 0.493. The summed E-state index contributed by atoms with van der Waals surface area (Å²) in [6.07, 6.45) is 2.34. The minimum Gasteiger partial charge on any atom is -0.387 e. The van der Waals surface area contributed by atoms with E-state index in [-0.39, 0.29) is 0 Å². The van der Waals surface area contributed by atoms with Gasteiger partial charge in [-0.25, -0.2) is 4.99 Å². The zero-order valence-electron chi connectivity index (χ0n) is 7.80. The Kier molecular flexibility index (Phi) is 3.52. The van der Waals surface area contributed by atoms with E-state index < -0.39 is 0 Å². The fraction of sp³-hybridized carbons (Fsp3) is 0.300. The molecule has 0 radical (unpaired) electrons. The largest absolute Gasteiger partial charge is 0.387 e. The number of amidine groups is 1. The second-order valence-corrected chi connectivity index (χ2v) is 6.15. The molecule has 5 heteroatoms. The third-order valence-corrected chi connectivity index (χ3v) is 3.89. The molecule has 2 N–H and O–H groups in total. The lowest BCUT2D eigenvalue weighted by molar-refractivity contribution is 1.15. The number of nitrogens with zero attached hydrogens (tertiary/aromatic N) is 1. The van der Waals surface area contributed by atoms with Crippen LogP contribution in [0.1, 0.15) is 12.8 Å². The monoisotopic (exact) mass is 394 g/mol. The van der Waals surface area contributed by atoms with Crippen LogP contribution in [-0.4, -0.2) is 5.84 Å². The van der Waals surface area contributed by atoms with Crippen molar-refractivity contribution in [2.45, 2.75) is 12.8 Å². The molecule has 0 spiro atoms. The van der Waals surface area contributed by atoms with Crippen LogP contribution in [0.25, 0.3) is 0 Å². The molecule has 0 heterocycles. The highest BCUT2D eigenvalue weighted by Gasteiger charge is 2.25. The maximum atomic E-state index is 5.88. The molecule has 1 fully saturated rings. The van der Waals surface area contributed by atoms with Gasteiger partial charge < -0.3 is 5.73 Å². The maximum Gasteiger partial charge on any atom is 0.103 e. The van der Waals surface area contributed by atoms with Gasteiger partial charge in [0.15, 0.2) is 0 Å². The van der Waals surface area contributed by atoms with Gasteiger partial charge in [-0.05, 0) is 56.8 Å². The Balaban J connectivity index is 2.39. The highest BCUT2D eigenvalue weighted by molar-refractivity contribution is 9.11. The molecule has 0 atom stereocenters. The third-order valence-electron chi connectivity index (χ3n) is 2.22. The summed E-state index contributed by atoms with van der Waals surface area (Å²) in [4.78, 5) is 4.44. The number of halogens is 3. The second-order valence-electron chi connectivity index (χ2n) is 3.53. The molecule has 0 aromatic heterocycles. The molecule has 2 rings (SSSR count). The summed E-state index contributed by atoms with van der Waals surface area (Å²) in [6, 6.07) is 3.92. The average molecular weight is 397 g/mol. The average Bonchev–Trinajstić information content (AvgIpc) is 2.93. The molecular weight excluding hydrogens is 388 g/mol. The maximum absolute atomic E-state index is 5.88. The van der Waals surface area contributed by atoms with Gasteiger partial charge >= 0.3 is 0 Å². The van der Waals surface area contributed by atoms with E-state index in [0.29, 0.717) is 5.92 Å². The van der Waals surface area contributed by atoms with Gasteiger partial charge in [0, 0.05) is 19.3 Å². The standard InChI is InChI=1S/C10H9Br3N2/c11-6-3-7(12)9(8(13)4-6)15-10(14)5-1-2-5/h3-5H,1-2H2,(H2,14,15). The molecule has 1 aliphatic carbocycles. The van der Waals surface area contributed by atoms with Crippen LogP contribution in [0.2, 0.25) is 0 Å². The lowest BCUT2D eigenvalue weighted by Gasteiger charge is -2.04. The van der Waals surface area contributed by atoms with Crippen LogP contribution in [0.4, 0.5) is 5.69 Å². The Hall–Kier alpha value is 0.130. The zero-order valence-corrected chi connectivity index (χ0v) is 12.6. The lowest BCUT2D eigenvalue weighted by Crippen LogP contribution is -2.13. The number of hydrogen-bond donors (Lipinski definition) is 1. The topological polar surface area (TPSA) is 38.4 Å². The van der Waals surface area contributed by atoms with Gasteiger partial charge in [-0.3, -0.25) is 0 Å². The van der Waals surface area contributed by atoms with Gasteiger partial charge in [0.2, 0.25) is 0 Å². The summed E-state index contributed by atoms with van der Waals surface area (Å²) < 4.78 is 2.88. The molecule has 1 aromatic rings. The number of rotatable bonds is 2. The summed E-state index contributed by atoms with van der Waals surface area (Å²) in [5.41, 5.74) is 6.75. The van der Waals surface area contributed by atoms with E-state index in [4.69, 9.17) is 5.73 Å². The predicted molar refractivity (Wildman–Crippen MR) is 73.5 cm³/mol. The van der Waals surface area contributed by atoms with Gasteiger partial charge in [0.05, 0.1) is 5.69 Å². The highest BCUT2D eigenvalue weighted by atomic mass is 79.9. The van der Waals surface area contributed by atoms with Crippen molar-refractivity contribution in [1.29, 1.82) is 0 Å². The Morgan fingerprint density at radius 2 is 1.73 bits per heavy atom. The zero-order chi connectivity index (χ0) is 11.0. The molecule has 0 saturated heterocycles. The fourth-order valence-corrected chi connectivity index (χ4v) is 3.68. The first-order valence-corrected chi connectivity index (χ1v) is 6.94. The number of aliphatic imine (C=N–C) groups is 1. The van der Waals surface area contributed by atoms with Gasteiger partial charge in [0.1, 0.15) is 5.84 Å². The molecule has 0 unspecified atom stereocenters. The summed E-state index contributed by atoms with van der Waals surface area (Å²) in [5.74, 6) is 1.23.